The van der Waals surface area contributed by atoms with E-state index in [4.69, 9.17) is 15.9 Å². The van der Waals surface area contributed by atoms with Crippen LogP contribution in [0.5, 0.6) is 11.5 Å². The van der Waals surface area contributed by atoms with E-state index >= 15 is 0 Å². The van der Waals surface area contributed by atoms with E-state index in [2.05, 4.69) is 27.3 Å². The van der Waals surface area contributed by atoms with Crippen LogP contribution in [0.25, 0.3) is 6.08 Å². The fourth-order valence-electron chi connectivity index (χ4n) is 2.59. The number of carbonyl (C=O) groups excluding carboxylic acids is 2. The normalized spacial score (nSPS) is 14.9. The number of rotatable bonds is 5. The van der Waals surface area contributed by atoms with Crippen molar-refractivity contribution >= 4 is 39.5 Å². The Morgan fingerprint density at radius 3 is 2.67 bits per heavy atom. The van der Waals surface area contributed by atoms with Crippen LogP contribution in [0.2, 0.25) is 0 Å². The molecule has 0 atom stereocenters. The van der Waals surface area contributed by atoms with Gasteiger partial charge in [-0.25, -0.2) is 5.01 Å². The van der Waals surface area contributed by atoms with Crippen molar-refractivity contribution in [2.75, 3.05) is 18.7 Å². The van der Waals surface area contributed by atoms with E-state index in [9.17, 15) is 9.59 Å². The van der Waals surface area contributed by atoms with Gasteiger partial charge in [0.1, 0.15) is 12.2 Å². The summed E-state index contributed by atoms with van der Waals surface area (Å²) in [5.74, 6) is 2.19. The third-order valence-electron chi connectivity index (χ3n) is 3.77. The average molecular weight is 427 g/mol. The van der Waals surface area contributed by atoms with Gasteiger partial charge in [0.25, 0.3) is 11.8 Å². The lowest BCUT2D eigenvalue weighted by atomic mass is 10.1. The molecule has 7 heteroatoms. The maximum Gasteiger partial charge on any atom is 0.282 e. The number of carbonyl (C=O) groups is 2. The first kappa shape index (κ1) is 18.5. The molecule has 2 aromatic carbocycles. The van der Waals surface area contributed by atoms with Crippen molar-refractivity contribution in [3.63, 3.8) is 0 Å². The fourth-order valence-corrected chi connectivity index (χ4v) is 3.04. The van der Waals surface area contributed by atoms with Gasteiger partial charge >= 0.3 is 0 Å². The van der Waals surface area contributed by atoms with Crippen molar-refractivity contribution in [2.45, 2.75) is 0 Å². The second-order valence-corrected chi connectivity index (χ2v) is 6.41. The summed E-state index contributed by atoms with van der Waals surface area (Å²) >= 11 is 3.38. The molecule has 0 bridgehead atoms. The molecule has 0 aromatic heterocycles. The Balaban J connectivity index is 2.03. The Morgan fingerprint density at radius 1 is 1.26 bits per heavy atom. The molecular formula is C20H15BrN2O4. The molecule has 2 aromatic rings. The molecule has 136 valence electrons. The SMILES string of the molecule is C#CCOc1c(/C=C2/C(=O)NN(c3ccccc3)C2=O)cc(Br)cc1OC. The van der Waals surface area contributed by atoms with E-state index in [0.717, 1.165) is 0 Å². The number of hydrogen-bond acceptors (Lipinski definition) is 4. The minimum atomic E-state index is -0.509. The number of anilines is 1. The van der Waals surface area contributed by atoms with Crippen LogP contribution in [0, 0.1) is 12.3 Å². The standard InChI is InChI=1S/C20H15BrN2O4/c1-3-9-27-18-13(10-14(21)12-17(18)26-2)11-16-19(24)22-23(20(16)25)15-7-5-4-6-8-15/h1,4-8,10-12H,9H2,2H3,(H,22,24)/b16-11-. The maximum atomic E-state index is 12.7. The van der Waals surface area contributed by atoms with Crippen molar-refractivity contribution in [2.24, 2.45) is 0 Å². The van der Waals surface area contributed by atoms with E-state index in [0.29, 0.717) is 27.2 Å². The first-order valence-electron chi connectivity index (χ1n) is 7.91. The number of ether oxygens (including phenoxy) is 2. The monoisotopic (exact) mass is 426 g/mol. The number of hydrogen-bond donors (Lipinski definition) is 1. The van der Waals surface area contributed by atoms with E-state index < -0.39 is 11.8 Å². The number of methoxy groups -OCH3 is 1. The summed E-state index contributed by atoms with van der Waals surface area (Å²) in [7, 11) is 1.49. The van der Waals surface area contributed by atoms with Gasteiger partial charge in [-0.15, -0.1) is 6.42 Å². The Labute approximate surface area is 164 Å². The summed E-state index contributed by atoms with van der Waals surface area (Å²) < 4.78 is 11.6. The van der Waals surface area contributed by atoms with Crippen LogP contribution in [-0.2, 0) is 9.59 Å². The Kier molecular flexibility index (Phi) is 5.48. The van der Waals surface area contributed by atoms with Crippen LogP contribution in [0.4, 0.5) is 5.69 Å². The molecule has 1 heterocycles. The quantitative estimate of drug-likeness (QED) is 0.453. The molecule has 1 aliphatic heterocycles. The number of nitrogens with one attached hydrogen (secondary N) is 1. The van der Waals surface area contributed by atoms with Crippen LogP contribution < -0.4 is 19.9 Å². The van der Waals surface area contributed by atoms with Gasteiger partial charge in [-0.05, 0) is 30.3 Å². The molecule has 0 unspecified atom stereocenters. The van der Waals surface area contributed by atoms with Gasteiger partial charge in [-0.3, -0.25) is 15.0 Å². The first-order valence-corrected chi connectivity index (χ1v) is 8.70. The second-order valence-electron chi connectivity index (χ2n) is 5.49. The predicted molar refractivity (Wildman–Crippen MR) is 105 cm³/mol. The third-order valence-corrected chi connectivity index (χ3v) is 4.23. The lowest BCUT2D eigenvalue weighted by Gasteiger charge is -2.14. The van der Waals surface area contributed by atoms with E-state index in [1.54, 1.807) is 36.4 Å². The highest BCUT2D eigenvalue weighted by Crippen LogP contribution is 2.36. The van der Waals surface area contributed by atoms with Gasteiger partial charge in [0.2, 0.25) is 0 Å². The van der Waals surface area contributed by atoms with Crippen LogP contribution in [-0.4, -0.2) is 25.5 Å². The van der Waals surface area contributed by atoms with E-state index in [1.165, 1.54) is 18.2 Å². The molecule has 3 rings (SSSR count). The van der Waals surface area contributed by atoms with E-state index in [-0.39, 0.29) is 12.2 Å². The van der Waals surface area contributed by atoms with Crippen LogP contribution >= 0.6 is 15.9 Å². The summed E-state index contributed by atoms with van der Waals surface area (Å²) in [6.07, 6.45) is 6.73. The lowest BCUT2D eigenvalue weighted by molar-refractivity contribution is -0.117. The number of hydrazine groups is 1. The minimum Gasteiger partial charge on any atom is -0.493 e. The van der Waals surface area contributed by atoms with Gasteiger partial charge in [0, 0.05) is 10.0 Å². The number of halogens is 1. The molecule has 0 saturated carbocycles. The highest BCUT2D eigenvalue weighted by Gasteiger charge is 2.34. The molecule has 1 aliphatic rings. The molecule has 0 spiro atoms. The molecule has 2 amide bonds. The number of nitrogens with zero attached hydrogens (tertiary/aromatic N) is 1. The number of para-hydroxylation sites is 1. The Morgan fingerprint density at radius 2 is 2.00 bits per heavy atom. The average Bonchev–Trinajstić information content (AvgIpc) is 2.95. The molecule has 0 aliphatic carbocycles. The lowest BCUT2D eigenvalue weighted by Crippen LogP contribution is -2.35. The van der Waals surface area contributed by atoms with Crippen LogP contribution in [0.15, 0.2) is 52.5 Å². The third kappa shape index (κ3) is 3.81. The molecular weight excluding hydrogens is 412 g/mol. The van der Waals surface area contributed by atoms with Crippen LogP contribution in [0.1, 0.15) is 5.56 Å². The van der Waals surface area contributed by atoms with Gasteiger partial charge in [-0.1, -0.05) is 40.0 Å². The van der Waals surface area contributed by atoms with Crippen molar-refractivity contribution in [3.05, 3.63) is 58.1 Å². The Hall–Kier alpha value is -3.24. The maximum absolute atomic E-state index is 12.7. The fraction of sp³-hybridized carbons (Fsp3) is 0.100. The second kappa shape index (κ2) is 7.98. The number of terminal acetylenes is 1. The highest BCUT2D eigenvalue weighted by atomic mass is 79.9. The zero-order chi connectivity index (χ0) is 19.4. The van der Waals surface area contributed by atoms with Gasteiger partial charge in [0.05, 0.1) is 12.8 Å². The summed E-state index contributed by atoms with van der Waals surface area (Å²) in [6, 6.07) is 12.3. The summed E-state index contributed by atoms with van der Waals surface area (Å²) in [5, 5.41) is 1.20. The van der Waals surface area contributed by atoms with Gasteiger partial charge < -0.3 is 9.47 Å². The molecule has 27 heavy (non-hydrogen) atoms. The molecule has 0 radical (unpaired) electrons. The predicted octanol–water partition coefficient (Wildman–Crippen LogP) is 2.93. The van der Waals surface area contributed by atoms with Gasteiger partial charge in [-0.2, -0.15) is 0 Å². The summed E-state index contributed by atoms with van der Waals surface area (Å²) in [4.78, 5) is 25.1. The molecule has 6 nitrogen and oxygen atoms in total. The molecule has 1 fully saturated rings. The summed E-state index contributed by atoms with van der Waals surface area (Å²) in [6.45, 7) is 0.0183. The van der Waals surface area contributed by atoms with Gasteiger partial charge in [0.15, 0.2) is 11.5 Å². The topological polar surface area (TPSA) is 67.9 Å². The smallest absolute Gasteiger partial charge is 0.282 e. The summed E-state index contributed by atoms with van der Waals surface area (Å²) in [5.41, 5.74) is 3.59. The zero-order valence-electron chi connectivity index (χ0n) is 14.4. The number of amides is 2. The van der Waals surface area contributed by atoms with E-state index in [1.807, 2.05) is 6.07 Å². The molecule has 1 saturated heterocycles. The largest absolute Gasteiger partial charge is 0.493 e. The Bertz CT molecular complexity index is 964. The van der Waals surface area contributed by atoms with Crippen LogP contribution in [0.3, 0.4) is 0 Å². The van der Waals surface area contributed by atoms with Crippen molar-refractivity contribution < 1.29 is 19.1 Å². The molecule has 1 N–H and O–H groups in total. The number of benzene rings is 2. The zero-order valence-corrected chi connectivity index (χ0v) is 15.9. The first-order chi connectivity index (χ1) is 13.0. The van der Waals surface area contributed by atoms with Crippen molar-refractivity contribution in [1.29, 1.82) is 0 Å². The van der Waals surface area contributed by atoms with Crippen molar-refractivity contribution in [1.82, 2.24) is 5.43 Å². The highest BCUT2D eigenvalue weighted by molar-refractivity contribution is 9.10. The minimum absolute atomic E-state index is 0.0183. The van der Waals surface area contributed by atoms with Crippen molar-refractivity contribution in [3.8, 4) is 23.8 Å².